The summed E-state index contributed by atoms with van der Waals surface area (Å²) in [5, 5.41) is 14.3. The number of alkyl halides is 2. The van der Waals surface area contributed by atoms with Crippen molar-refractivity contribution < 1.29 is 75.8 Å². The van der Waals surface area contributed by atoms with Crippen molar-refractivity contribution in [2.45, 2.75) is 231 Å². The van der Waals surface area contributed by atoms with E-state index in [1.165, 1.54) is 28.1 Å². The van der Waals surface area contributed by atoms with Crippen LogP contribution in [0.4, 0.5) is 8.78 Å². The molecule has 0 aliphatic rings. The van der Waals surface area contributed by atoms with Crippen LogP contribution >= 0.6 is 0 Å². The quantitative estimate of drug-likeness (QED) is 0.0356. The second-order valence-electron chi connectivity index (χ2n) is 35.4. The maximum atomic E-state index is 15.4. The number of ketones is 5. The first-order chi connectivity index (χ1) is 51.0. The smallest absolute Gasteiger partial charge is 0.225 e. The molecule has 0 aromatic heterocycles. The summed E-state index contributed by atoms with van der Waals surface area (Å²) in [5.74, 6) is -10.8. The van der Waals surface area contributed by atoms with Crippen LogP contribution in [0.5, 0.6) is 0 Å². The minimum atomic E-state index is -1.45. The first kappa shape index (κ1) is 104. The van der Waals surface area contributed by atoms with Gasteiger partial charge in [-0.05, 0) is 132 Å². The number of carbonyl (C=O) groups is 12. The minimum Gasteiger partial charge on any atom is -0.383 e. The van der Waals surface area contributed by atoms with Gasteiger partial charge in [0.1, 0.15) is 28.9 Å². The highest BCUT2D eigenvalue weighted by molar-refractivity contribution is 5.96. The molecule has 0 aromatic rings. The summed E-state index contributed by atoms with van der Waals surface area (Å²) in [4.78, 5) is 186. The van der Waals surface area contributed by atoms with Crippen LogP contribution in [0.2, 0.25) is 0 Å². The van der Waals surface area contributed by atoms with Crippen molar-refractivity contribution in [2.24, 2.45) is 62.6 Å². The standard InChI is InChI=1S/C83H153F2N11O14/c1-25-27-32-88-77(107)65(52-73(103)95(21)43-41-93(19)39-37-91(15)16)56-82(11,12)70(100)49-66(78(108)96(22)44-42-94(20)40-38-92(17)18)53-79(5,6)58-67(97)62(50-71(101)86-33-28-30-59(3)84)54-80(7,8)69(99)48-64(76(106)89-34-29-31-60(4)85)57-83(13,14)74(104)63(51-72(102)87-35-45-109-23)55-81(9,10)68(98)47-61(26-2)75(105)90-36-46-110-24/h59-66H,25-58H2,1-24H3,(H,86,101)(H,87,102)(H,88,107)(H,89,106)(H,90,105). The lowest BCUT2D eigenvalue weighted by atomic mass is 9.67. The van der Waals surface area contributed by atoms with Gasteiger partial charge in [-0.25, -0.2) is 8.78 Å². The van der Waals surface area contributed by atoms with E-state index < -0.39 is 116 Å². The van der Waals surface area contributed by atoms with Crippen molar-refractivity contribution in [3.05, 3.63) is 0 Å². The third-order valence-corrected chi connectivity index (χ3v) is 21.3. The van der Waals surface area contributed by atoms with Crippen molar-refractivity contribution in [2.75, 3.05) is 169 Å². The topological polar surface area (TPSA) is 303 Å². The highest BCUT2D eigenvalue weighted by atomic mass is 19.1. The fourth-order valence-electron chi connectivity index (χ4n) is 13.8. The van der Waals surface area contributed by atoms with Gasteiger partial charge in [0.25, 0.3) is 0 Å². The van der Waals surface area contributed by atoms with Crippen LogP contribution in [-0.4, -0.2) is 281 Å². The van der Waals surface area contributed by atoms with Gasteiger partial charge in [0.2, 0.25) is 41.4 Å². The van der Waals surface area contributed by atoms with E-state index in [1.807, 2.05) is 63.1 Å². The number of likely N-dealkylation sites (N-methyl/N-ethyl adjacent to an activating group) is 6. The lowest BCUT2D eigenvalue weighted by Crippen LogP contribution is -2.44. The molecule has 110 heavy (non-hydrogen) atoms. The zero-order valence-corrected chi connectivity index (χ0v) is 72.8. The van der Waals surface area contributed by atoms with Gasteiger partial charge in [-0.2, -0.15) is 0 Å². The lowest BCUT2D eigenvalue weighted by Gasteiger charge is -2.36. The molecule has 8 atom stereocenters. The molecule has 0 aromatic carbocycles. The molecule has 7 amide bonds. The molecule has 0 radical (unpaired) electrons. The predicted molar refractivity (Wildman–Crippen MR) is 431 cm³/mol. The Bertz CT molecular complexity index is 2830. The van der Waals surface area contributed by atoms with E-state index in [4.69, 9.17) is 9.47 Å². The molecule has 25 nitrogen and oxygen atoms in total. The number of methoxy groups -OCH3 is 2. The van der Waals surface area contributed by atoms with Crippen LogP contribution < -0.4 is 26.6 Å². The van der Waals surface area contributed by atoms with Crippen LogP contribution in [0.15, 0.2) is 0 Å². The predicted octanol–water partition coefficient (Wildman–Crippen LogP) is 8.61. The summed E-state index contributed by atoms with van der Waals surface area (Å²) in [6.07, 6.45) is -1.96. The van der Waals surface area contributed by atoms with Crippen LogP contribution in [0.3, 0.4) is 0 Å². The number of Topliss-reactive ketones (excluding diaryl/α,β-unsaturated/α-hetero) is 5. The summed E-state index contributed by atoms with van der Waals surface area (Å²) < 4.78 is 38.3. The Labute approximate surface area is 661 Å². The third-order valence-electron chi connectivity index (χ3n) is 21.3. The normalized spacial score (nSPS) is 14.6. The largest absolute Gasteiger partial charge is 0.383 e. The molecular formula is C83H153F2N11O14. The molecule has 0 heterocycles. The zero-order chi connectivity index (χ0) is 84.5. The summed E-state index contributed by atoms with van der Waals surface area (Å²) in [6.45, 7) is 29.9. The molecule has 8 unspecified atom stereocenters. The maximum Gasteiger partial charge on any atom is 0.225 e. The minimum absolute atomic E-state index is 0.00638. The average molecular weight is 1570 g/mol. The molecular weight excluding hydrogens is 1410 g/mol. The molecule has 0 bridgehead atoms. The lowest BCUT2D eigenvalue weighted by molar-refractivity contribution is -0.142. The first-order valence-electron chi connectivity index (χ1n) is 40.5. The van der Waals surface area contributed by atoms with Gasteiger partial charge in [-0.3, -0.25) is 57.5 Å². The Morgan fingerprint density at radius 1 is 0.391 bits per heavy atom. The fourth-order valence-corrected chi connectivity index (χ4v) is 13.8. The molecule has 27 heteroatoms. The van der Waals surface area contributed by atoms with Gasteiger partial charge >= 0.3 is 0 Å². The number of nitrogens with one attached hydrogen (secondary N) is 5. The van der Waals surface area contributed by atoms with E-state index in [-0.39, 0.29) is 164 Å². The van der Waals surface area contributed by atoms with Gasteiger partial charge < -0.3 is 65.5 Å². The number of nitrogens with zero attached hydrogens (tertiary/aromatic N) is 6. The zero-order valence-electron chi connectivity index (χ0n) is 72.8. The third kappa shape index (κ3) is 43.5. The van der Waals surface area contributed by atoms with Crippen LogP contribution in [-0.2, 0) is 67.0 Å². The number of rotatable bonds is 64. The molecule has 0 aliphatic carbocycles. The van der Waals surface area contributed by atoms with Gasteiger partial charge in [-0.15, -0.1) is 0 Å². The summed E-state index contributed by atoms with van der Waals surface area (Å²) in [5.41, 5.74) is -6.40. The Hall–Kier alpha value is -5.74. The summed E-state index contributed by atoms with van der Waals surface area (Å²) in [7, 11) is 18.2. The number of ether oxygens (including phenoxy) is 2. The number of hydrogen-bond acceptors (Lipinski definition) is 18. The van der Waals surface area contributed by atoms with E-state index in [1.54, 1.807) is 86.2 Å². The monoisotopic (exact) mass is 1570 g/mol. The van der Waals surface area contributed by atoms with Crippen molar-refractivity contribution in [3.63, 3.8) is 0 Å². The van der Waals surface area contributed by atoms with Crippen molar-refractivity contribution in [3.8, 4) is 0 Å². The fraction of sp³-hybridized carbons (Fsp3) is 0.855. The number of halogens is 2. The van der Waals surface area contributed by atoms with Crippen LogP contribution in [0.25, 0.3) is 0 Å². The van der Waals surface area contributed by atoms with Gasteiger partial charge in [-0.1, -0.05) is 89.5 Å². The molecule has 0 rings (SSSR count). The van der Waals surface area contributed by atoms with Crippen LogP contribution in [0.1, 0.15) is 219 Å². The van der Waals surface area contributed by atoms with Crippen molar-refractivity contribution in [1.82, 2.24) is 56.0 Å². The maximum absolute atomic E-state index is 15.4. The van der Waals surface area contributed by atoms with Crippen molar-refractivity contribution in [1.29, 1.82) is 0 Å². The van der Waals surface area contributed by atoms with Crippen molar-refractivity contribution >= 4 is 70.3 Å². The molecule has 638 valence electrons. The molecule has 0 saturated heterocycles. The Morgan fingerprint density at radius 2 is 0.755 bits per heavy atom. The molecule has 0 fully saturated rings. The Balaban J connectivity index is 7.89. The van der Waals surface area contributed by atoms with E-state index in [0.29, 0.717) is 52.0 Å². The summed E-state index contributed by atoms with van der Waals surface area (Å²) >= 11 is 0. The first-order valence-corrected chi connectivity index (χ1v) is 40.5. The second-order valence-corrected chi connectivity index (χ2v) is 35.4. The number of unbranched alkanes of at least 4 members (excludes halogenated alkanes) is 1. The van der Waals surface area contributed by atoms with E-state index in [0.717, 1.165) is 32.6 Å². The second kappa shape index (κ2) is 52.6. The Morgan fingerprint density at radius 3 is 1.21 bits per heavy atom. The number of hydrogen-bond donors (Lipinski definition) is 5. The van der Waals surface area contributed by atoms with E-state index >= 15 is 24.0 Å². The van der Waals surface area contributed by atoms with Crippen LogP contribution in [0, 0.1) is 62.6 Å². The van der Waals surface area contributed by atoms with Gasteiger partial charge in [0.15, 0.2) is 0 Å². The molecule has 5 N–H and O–H groups in total. The average Bonchev–Trinajstić information content (AvgIpc) is 0.810. The molecule has 0 aliphatic heterocycles. The number of amides is 7. The van der Waals surface area contributed by atoms with Gasteiger partial charge in [0, 0.05) is 216 Å². The summed E-state index contributed by atoms with van der Waals surface area (Å²) in [6, 6.07) is 0. The Kier molecular flexibility index (Phi) is 49.9. The van der Waals surface area contributed by atoms with E-state index in [9.17, 15) is 42.3 Å². The highest BCUT2D eigenvalue weighted by Crippen LogP contribution is 2.42. The number of carbonyl (C=O) groups excluding carboxylic acids is 12. The molecule has 0 saturated carbocycles. The highest BCUT2D eigenvalue weighted by Gasteiger charge is 2.46. The van der Waals surface area contributed by atoms with Gasteiger partial charge in [0.05, 0.1) is 25.6 Å². The SMILES string of the molecule is CCCCNC(=O)C(CC(=O)N(C)CCN(C)CCN(C)C)CC(C)(C)C(=O)CC(CC(C)(C)CC(=O)C(CC(=O)NCCCC(C)F)CC(C)(C)C(=O)CC(CC(C)(C)C(=O)C(CC(=O)NCCOC)CC(C)(C)C(=O)CC(CC)C(=O)NCCOC)C(=O)NCCCC(C)F)C(=O)N(C)CCN(C)CCN(C)C. The molecule has 0 spiro atoms. The van der Waals surface area contributed by atoms with E-state index in [2.05, 4.69) is 46.2 Å².